The third kappa shape index (κ3) is 4.83. The van der Waals surface area contributed by atoms with Crippen LogP contribution in [0.5, 0.6) is 0 Å². The van der Waals surface area contributed by atoms with Gasteiger partial charge in [-0.3, -0.25) is 10.1 Å². The highest BCUT2D eigenvalue weighted by molar-refractivity contribution is 6.31. The van der Waals surface area contributed by atoms with Crippen molar-refractivity contribution in [1.82, 2.24) is 15.5 Å². The summed E-state index contributed by atoms with van der Waals surface area (Å²) in [7, 11) is 0. The number of amides is 1. The number of benzene rings is 1. The number of aryl methyl sites for hydroxylation is 1. The number of aromatic nitrogens is 2. The fraction of sp³-hybridized carbons (Fsp3) is 0.571. The molecular weight excluding hydrogens is 408 g/mol. The van der Waals surface area contributed by atoms with Crippen LogP contribution in [0.2, 0.25) is 5.02 Å². The fourth-order valence-electron chi connectivity index (χ4n) is 3.86. The molecule has 0 unspecified atom stereocenters. The number of halogens is 1. The lowest BCUT2D eigenvalue weighted by molar-refractivity contribution is -0.116. The van der Waals surface area contributed by atoms with Gasteiger partial charge in [0.05, 0.1) is 6.54 Å². The molecule has 30 heavy (non-hydrogen) atoms. The molecule has 4 rings (SSSR count). The largest absolute Gasteiger partial charge is 0.381 e. The van der Waals surface area contributed by atoms with Crippen molar-refractivity contribution in [3.63, 3.8) is 0 Å². The topological polar surface area (TPSA) is 98.5 Å². The standard InChI is InChI=1S/C21H27ClN4O4/c1-14-2-3-16(12-17(14)22)24-18(27)13-23-21(6-10-29-11-7-21)20-25-19(26-30-20)15-4-8-28-9-5-15/h2-3,12,15,23H,4-11,13H2,1H3,(H,24,27). The van der Waals surface area contributed by atoms with Gasteiger partial charge < -0.3 is 19.3 Å². The second kappa shape index (κ2) is 9.43. The average Bonchev–Trinajstić information content (AvgIpc) is 3.27. The van der Waals surface area contributed by atoms with Gasteiger partial charge in [-0.25, -0.2) is 0 Å². The van der Waals surface area contributed by atoms with E-state index in [2.05, 4.69) is 15.8 Å². The zero-order valence-electron chi connectivity index (χ0n) is 17.1. The summed E-state index contributed by atoms with van der Waals surface area (Å²) in [5.41, 5.74) is 1.06. The summed E-state index contributed by atoms with van der Waals surface area (Å²) in [4.78, 5) is 17.3. The first-order valence-corrected chi connectivity index (χ1v) is 10.7. The van der Waals surface area contributed by atoms with Crippen molar-refractivity contribution in [3.8, 4) is 0 Å². The van der Waals surface area contributed by atoms with E-state index in [9.17, 15) is 4.79 Å². The summed E-state index contributed by atoms with van der Waals surface area (Å²) in [5.74, 6) is 1.34. The number of carbonyl (C=O) groups is 1. The Balaban J connectivity index is 1.43. The molecule has 0 aliphatic carbocycles. The molecular formula is C21H27ClN4O4. The molecule has 1 aromatic carbocycles. The molecule has 0 radical (unpaired) electrons. The van der Waals surface area contributed by atoms with Crippen LogP contribution in [-0.2, 0) is 19.8 Å². The Morgan fingerprint density at radius 3 is 2.67 bits per heavy atom. The van der Waals surface area contributed by atoms with Gasteiger partial charge in [0.2, 0.25) is 11.8 Å². The molecule has 1 amide bonds. The Morgan fingerprint density at radius 1 is 1.20 bits per heavy atom. The van der Waals surface area contributed by atoms with E-state index in [4.69, 9.17) is 30.6 Å². The van der Waals surface area contributed by atoms with Crippen LogP contribution >= 0.6 is 11.6 Å². The van der Waals surface area contributed by atoms with Crippen molar-refractivity contribution < 1.29 is 18.8 Å². The van der Waals surface area contributed by atoms with Crippen molar-refractivity contribution in [3.05, 3.63) is 40.5 Å². The lowest BCUT2D eigenvalue weighted by Gasteiger charge is -2.34. The first kappa shape index (κ1) is 21.2. The molecule has 0 bridgehead atoms. The maximum Gasteiger partial charge on any atom is 0.247 e. The smallest absolute Gasteiger partial charge is 0.247 e. The number of hydrogen-bond acceptors (Lipinski definition) is 7. The minimum absolute atomic E-state index is 0.112. The molecule has 1 aromatic heterocycles. The third-order valence-electron chi connectivity index (χ3n) is 5.83. The second-order valence-corrected chi connectivity index (χ2v) is 8.31. The van der Waals surface area contributed by atoms with E-state index >= 15 is 0 Å². The van der Waals surface area contributed by atoms with E-state index in [0.717, 1.165) is 37.4 Å². The summed E-state index contributed by atoms with van der Waals surface area (Å²) in [6.07, 6.45) is 3.10. The third-order valence-corrected chi connectivity index (χ3v) is 6.23. The van der Waals surface area contributed by atoms with E-state index in [1.54, 1.807) is 6.07 Å². The van der Waals surface area contributed by atoms with Gasteiger partial charge in [0.1, 0.15) is 5.54 Å². The molecule has 2 aromatic rings. The summed E-state index contributed by atoms with van der Waals surface area (Å²) in [6, 6.07) is 5.46. The SMILES string of the molecule is Cc1ccc(NC(=O)CNC2(c3nc(C4CCOCC4)no3)CCOCC2)cc1Cl. The van der Waals surface area contributed by atoms with E-state index in [0.29, 0.717) is 42.7 Å². The summed E-state index contributed by atoms with van der Waals surface area (Å²) >= 11 is 6.15. The maximum atomic E-state index is 12.5. The van der Waals surface area contributed by atoms with E-state index in [-0.39, 0.29) is 18.4 Å². The molecule has 0 spiro atoms. The Morgan fingerprint density at radius 2 is 1.93 bits per heavy atom. The van der Waals surface area contributed by atoms with Crippen LogP contribution in [0.25, 0.3) is 0 Å². The first-order valence-electron chi connectivity index (χ1n) is 10.4. The predicted octanol–water partition coefficient (Wildman–Crippen LogP) is 3.16. The lowest BCUT2D eigenvalue weighted by atomic mass is 9.89. The van der Waals surface area contributed by atoms with Gasteiger partial charge in [-0.15, -0.1) is 0 Å². The van der Waals surface area contributed by atoms with Crippen LogP contribution in [-0.4, -0.2) is 49.0 Å². The fourth-order valence-corrected chi connectivity index (χ4v) is 4.04. The van der Waals surface area contributed by atoms with Gasteiger partial charge in [-0.2, -0.15) is 4.98 Å². The molecule has 2 saturated heterocycles. The van der Waals surface area contributed by atoms with Crippen molar-refractivity contribution in [1.29, 1.82) is 0 Å². The molecule has 8 nitrogen and oxygen atoms in total. The van der Waals surface area contributed by atoms with E-state index in [1.807, 2.05) is 19.1 Å². The number of carbonyl (C=O) groups excluding carboxylic acids is 1. The summed E-state index contributed by atoms with van der Waals surface area (Å²) < 4.78 is 16.6. The van der Waals surface area contributed by atoms with Crippen LogP contribution in [0.15, 0.2) is 22.7 Å². The highest BCUT2D eigenvalue weighted by Crippen LogP contribution is 2.33. The zero-order chi connectivity index (χ0) is 21.0. The second-order valence-electron chi connectivity index (χ2n) is 7.90. The number of rotatable bonds is 6. The molecule has 3 heterocycles. The van der Waals surface area contributed by atoms with Gasteiger partial charge in [-0.1, -0.05) is 22.8 Å². The highest BCUT2D eigenvalue weighted by atomic mass is 35.5. The summed E-state index contributed by atoms with van der Waals surface area (Å²) in [6.45, 7) is 4.60. The molecule has 0 saturated carbocycles. The molecule has 2 fully saturated rings. The number of anilines is 1. The van der Waals surface area contributed by atoms with Crippen molar-refractivity contribution >= 4 is 23.2 Å². The van der Waals surface area contributed by atoms with Gasteiger partial charge >= 0.3 is 0 Å². The van der Waals surface area contributed by atoms with E-state index in [1.165, 1.54) is 0 Å². The number of nitrogens with zero attached hydrogens (tertiary/aromatic N) is 2. The normalized spacial score (nSPS) is 19.5. The van der Waals surface area contributed by atoms with Crippen LogP contribution in [0.3, 0.4) is 0 Å². The molecule has 2 aliphatic heterocycles. The average molecular weight is 435 g/mol. The molecule has 162 valence electrons. The number of nitrogens with one attached hydrogen (secondary N) is 2. The Bertz CT molecular complexity index is 876. The van der Waals surface area contributed by atoms with Crippen molar-refractivity contribution in [2.45, 2.75) is 44.1 Å². The number of ether oxygens (including phenoxy) is 2. The van der Waals surface area contributed by atoms with Crippen LogP contribution in [0.1, 0.15) is 48.9 Å². The molecule has 2 N–H and O–H groups in total. The quantitative estimate of drug-likeness (QED) is 0.720. The van der Waals surface area contributed by atoms with Gasteiger partial charge in [0.25, 0.3) is 0 Å². The maximum absolute atomic E-state index is 12.5. The highest BCUT2D eigenvalue weighted by Gasteiger charge is 2.40. The minimum Gasteiger partial charge on any atom is -0.381 e. The number of hydrogen-bond donors (Lipinski definition) is 2. The monoisotopic (exact) mass is 434 g/mol. The zero-order valence-corrected chi connectivity index (χ0v) is 17.8. The van der Waals surface area contributed by atoms with E-state index < -0.39 is 5.54 Å². The predicted molar refractivity (Wildman–Crippen MR) is 112 cm³/mol. The Labute approximate surface area is 180 Å². The lowest BCUT2D eigenvalue weighted by Crippen LogP contribution is -2.49. The van der Waals surface area contributed by atoms with Crippen molar-refractivity contribution in [2.75, 3.05) is 38.3 Å². The van der Waals surface area contributed by atoms with Crippen LogP contribution in [0.4, 0.5) is 5.69 Å². The minimum atomic E-state index is -0.572. The van der Waals surface area contributed by atoms with Crippen molar-refractivity contribution in [2.24, 2.45) is 0 Å². The summed E-state index contributed by atoms with van der Waals surface area (Å²) in [5, 5.41) is 11.1. The van der Waals surface area contributed by atoms with Gasteiger partial charge in [-0.05, 0) is 50.3 Å². The van der Waals surface area contributed by atoms with Gasteiger partial charge in [0.15, 0.2) is 5.82 Å². The molecule has 0 atom stereocenters. The Kier molecular flexibility index (Phi) is 6.67. The first-order chi connectivity index (χ1) is 14.6. The van der Waals surface area contributed by atoms with Gasteiger partial charge in [0, 0.05) is 43.1 Å². The van der Waals surface area contributed by atoms with Crippen LogP contribution in [0, 0.1) is 6.92 Å². The molecule has 9 heteroatoms. The van der Waals surface area contributed by atoms with Crippen LogP contribution < -0.4 is 10.6 Å². The Hall–Kier alpha value is -2.00. The molecule has 2 aliphatic rings.